The molecule has 8 heteroatoms. The van der Waals surface area contributed by atoms with E-state index in [4.69, 9.17) is 9.47 Å². The van der Waals surface area contributed by atoms with Gasteiger partial charge in [-0.25, -0.2) is 8.42 Å². The first-order chi connectivity index (χ1) is 14.1. The molecular weight excluding hydrogens is 404 g/mol. The molecule has 2 atom stereocenters. The normalized spacial score (nSPS) is 15.2. The van der Waals surface area contributed by atoms with Crippen molar-refractivity contribution in [2.75, 3.05) is 23.8 Å². The molecule has 3 rings (SSSR count). The maximum atomic E-state index is 13.0. The Labute approximate surface area is 178 Å². The molecule has 0 fully saturated rings. The average molecular weight is 433 g/mol. The lowest BCUT2D eigenvalue weighted by Crippen LogP contribution is -2.48. The van der Waals surface area contributed by atoms with Gasteiger partial charge in [-0.15, -0.1) is 0 Å². The molecule has 0 aliphatic carbocycles. The van der Waals surface area contributed by atoms with Crippen LogP contribution >= 0.6 is 0 Å². The molecule has 1 aliphatic heterocycles. The van der Waals surface area contributed by atoms with Crippen LogP contribution < -0.4 is 19.1 Å². The fraction of sp³-hybridized carbons (Fsp3) is 0.409. The van der Waals surface area contributed by atoms with Crippen LogP contribution in [0.4, 0.5) is 5.69 Å². The molecule has 0 unspecified atom stereocenters. The van der Waals surface area contributed by atoms with Crippen LogP contribution in [0.3, 0.4) is 0 Å². The Bertz CT molecular complexity index is 1050. The van der Waals surface area contributed by atoms with Crippen molar-refractivity contribution in [1.29, 1.82) is 0 Å². The summed E-state index contributed by atoms with van der Waals surface area (Å²) in [5, 5.41) is 2.94. The Hall–Kier alpha value is -2.74. The van der Waals surface area contributed by atoms with E-state index in [0.717, 1.165) is 27.3 Å². The minimum Gasteiger partial charge on any atom is -0.486 e. The average Bonchev–Trinajstić information content (AvgIpc) is 2.66. The molecule has 162 valence electrons. The molecule has 1 amide bonds. The van der Waals surface area contributed by atoms with Crippen molar-refractivity contribution in [3.05, 3.63) is 53.1 Å². The van der Waals surface area contributed by atoms with Crippen molar-refractivity contribution >= 4 is 21.6 Å². The summed E-state index contributed by atoms with van der Waals surface area (Å²) < 4.78 is 37.3. The lowest BCUT2D eigenvalue weighted by Gasteiger charge is -2.30. The van der Waals surface area contributed by atoms with E-state index in [0.29, 0.717) is 30.4 Å². The topological polar surface area (TPSA) is 84.9 Å². The first-order valence-electron chi connectivity index (χ1n) is 9.84. The van der Waals surface area contributed by atoms with Gasteiger partial charge < -0.3 is 14.8 Å². The van der Waals surface area contributed by atoms with Gasteiger partial charge in [0.05, 0.1) is 18.0 Å². The number of carbonyl (C=O) groups excluding carboxylic acids is 1. The first kappa shape index (κ1) is 22.0. The molecular formula is C22H28N2O5S. The highest BCUT2D eigenvalue weighted by Gasteiger charge is 2.31. The highest BCUT2D eigenvalue weighted by Crippen LogP contribution is 2.35. The molecule has 0 spiro atoms. The summed E-state index contributed by atoms with van der Waals surface area (Å²) in [6.07, 6.45) is 1.08. The smallest absolute Gasteiger partial charge is 0.244 e. The summed E-state index contributed by atoms with van der Waals surface area (Å²) >= 11 is 0. The van der Waals surface area contributed by atoms with Gasteiger partial charge in [-0.2, -0.15) is 0 Å². The minimum absolute atomic E-state index is 0.262. The van der Waals surface area contributed by atoms with Gasteiger partial charge in [0.15, 0.2) is 11.5 Å². The van der Waals surface area contributed by atoms with Crippen LogP contribution in [0.2, 0.25) is 0 Å². The molecule has 0 aromatic heterocycles. The fourth-order valence-electron chi connectivity index (χ4n) is 3.70. The molecule has 30 heavy (non-hydrogen) atoms. The third-order valence-electron chi connectivity index (χ3n) is 5.12. The van der Waals surface area contributed by atoms with Gasteiger partial charge >= 0.3 is 0 Å². The van der Waals surface area contributed by atoms with E-state index >= 15 is 0 Å². The molecule has 2 aromatic rings. The molecule has 0 saturated carbocycles. The second-order valence-corrected chi connectivity index (χ2v) is 9.51. The molecule has 2 aromatic carbocycles. The van der Waals surface area contributed by atoms with Gasteiger partial charge in [0.1, 0.15) is 19.3 Å². The summed E-state index contributed by atoms with van der Waals surface area (Å²) in [5.74, 6) is 0.630. The molecule has 1 heterocycles. The number of hydrogen-bond acceptors (Lipinski definition) is 5. The Morgan fingerprint density at radius 3 is 2.33 bits per heavy atom. The standard InChI is InChI=1S/C22H28N2O5S/c1-14-6-8-19(15(2)12-14)16(3)23-22(25)17(4)24(30(5,26)27)18-7-9-20-21(13-18)29-11-10-28-20/h6-9,12-13,16-17H,10-11H2,1-5H3,(H,23,25)/t16-,17-/m1/s1. The van der Waals surface area contributed by atoms with Gasteiger partial charge in [0.2, 0.25) is 15.9 Å². The van der Waals surface area contributed by atoms with Gasteiger partial charge in [0.25, 0.3) is 0 Å². The number of carbonyl (C=O) groups is 1. The number of nitrogens with one attached hydrogen (secondary N) is 1. The van der Waals surface area contributed by atoms with Crippen molar-refractivity contribution in [3.8, 4) is 11.5 Å². The van der Waals surface area contributed by atoms with Crippen molar-refractivity contribution in [2.24, 2.45) is 0 Å². The quantitative estimate of drug-likeness (QED) is 0.758. The fourth-order valence-corrected chi connectivity index (χ4v) is 4.87. The highest BCUT2D eigenvalue weighted by atomic mass is 32.2. The van der Waals surface area contributed by atoms with Crippen molar-refractivity contribution in [3.63, 3.8) is 0 Å². The second kappa shape index (κ2) is 8.55. The van der Waals surface area contributed by atoms with Crippen LogP contribution in [0.15, 0.2) is 36.4 Å². The van der Waals surface area contributed by atoms with Crippen LogP contribution in [0.25, 0.3) is 0 Å². The molecule has 1 aliphatic rings. The third kappa shape index (κ3) is 4.70. The van der Waals surface area contributed by atoms with Crippen LogP contribution in [0.1, 0.15) is 36.6 Å². The number of anilines is 1. The van der Waals surface area contributed by atoms with E-state index in [9.17, 15) is 13.2 Å². The molecule has 0 radical (unpaired) electrons. The Morgan fingerprint density at radius 1 is 1.03 bits per heavy atom. The molecule has 1 N–H and O–H groups in total. The molecule has 0 saturated heterocycles. The maximum absolute atomic E-state index is 13.0. The van der Waals surface area contributed by atoms with Crippen LogP contribution in [0.5, 0.6) is 11.5 Å². The van der Waals surface area contributed by atoms with E-state index in [1.807, 2.05) is 32.9 Å². The van der Waals surface area contributed by atoms with Crippen molar-refractivity contribution in [1.82, 2.24) is 5.32 Å². The predicted molar refractivity (Wildman–Crippen MR) is 117 cm³/mol. The van der Waals surface area contributed by atoms with Gasteiger partial charge in [-0.1, -0.05) is 23.8 Å². The van der Waals surface area contributed by atoms with Crippen molar-refractivity contribution in [2.45, 2.75) is 39.8 Å². The number of aryl methyl sites for hydroxylation is 2. The summed E-state index contributed by atoms with van der Waals surface area (Å²) in [5.41, 5.74) is 3.56. The number of nitrogens with zero attached hydrogens (tertiary/aromatic N) is 1. The Balaban J connectivity index is 1.85. The summed E-state index contributed by atoms with van der Waals surface area (Å²) in [6.45, 7) is 8.29. The monoisotopic (exact) mass is 432 g/mol. The lowest BCUT2D eigenvalue weighted by molar-refractivity contribution is -0.122. The number of fused-ring (bicyclic) bond motifs is 1. The van der Waals surface area contributed by atoms with E-state index in [2.05, 4.69) is 11.4 Å². The SMILES string of the molecule is Cc1ccc([C@@H](C)NC(=O)[C@@H](C)N(c2ccc3c(c2)OCCO3)S(C)(=O)=O)c(C)c1. The van der Waals surface area contributed by atoms with Crippen LogP contribution in [0, 0.1) is 13.8 Å². The molecule has 7 nitrogen and oxygen atoms in total. The Kier molecular flexibility index (Phi) is 6.26. The second-order valence-electron chi connectivity index (χ2n) is 7.65. The zero-order valence-corrected chi connectivity index (χ0v) is 18.7. The highest BCUT2D eigenvalue weighted by molar-refractivity contribution is 7.92. The number of sulfonamides is 1. The van der Waals surface area contributed by atoms with E-state index in [-0.39, 0.29) is 11.9 Å². The van der Waals surface area contributed by atoms with Crippen LogP contribution in [-0.4, -0.2) is 39.8 Å². The molecule has 0 bridgehead atoms. The lowest BCUT2D eigenvalue weighted by atomic mass is 10.00. The number of benzene rings is 2. The van der Waals surface area contributed by atoms with Gasteiger partial charge in [-0.3, -0.25) is 9.10 Å². The van der Waals surface area contributed by atoms with Crippen molar-refractivity contribution < 1.29 is 22.7 Å². The maximum Gasteiger partial charge on any atom is 0.244 e. The summed E-state index contributed by atoms with van der Waals surface area (Å²) in [6, 6.07) is 9.68. The summed E-state index contributed by atoms with van der Waals surface area (Å²) in [4.78, 5) is 13.0. The Morgan fingerprint density at radius 2 is 1.70 bits per heavy atom. The first-order valence-corrected chi connectivity index (χ1v) is 11.7. The van der Waals surface area contributed by atoms with Crippen LogP contribution in [-0.2, 0) is 14.8 Å². The number of rotatable bonds is 6. The summed E-state index contributed by atoms with van der Waals surface area (Å²) in [7, 11) is -3.73. The number of hydrogen-bond donors (Lipinski definition) is 1. The predicted octanol–water partition coefficient (Wildman–Crippen LogP) is 3.11. The third-order valence-corrected chi connectivity index (χ3v) is 6.36. The van der Waals surface area contributed by atoms with E-state index < -0.39 is 16.1 Å². The van der Waals surface area contributed by atoms with Gasteiger partial charge in [0, 0.05) is 6.07 Å². The van der Waals surface area contributed by atoms with E-state index in [1.165, 1.54) is 0 Å². The zero-order valence-electron chi connectivity index (χ0n) is 17.9. The van der Waals surface area contributed by atoms with E-state index in [1.54, 1.807) is 25.1 Å². The van der Waals surface area contributed by atoms with Gasteiger partial charge in [-0.05, 0) is 51.0 Å². The minimum atomic E-state index is -3.73. The largest absolute Gasteiger partial charge is 0.486 e. The number of ether oxygens (including phenoxy) is 2. The zero-order chi connectivity index (χ0) is 22.1. The number of amides is 1.